The summed E-state index contributed by atoms with van der Waals surface area (Å²) in [6, 6.07) is 21.5. The number of aromatic nitrogens is 1. The predicted molar refractivity (Wildman–Crippen MR) is 151 cm³/mol. The molecule has 1 aliphatic rings. The molecule has 1 aliphatic heterocycles. The van der Waals surface area contributed by atoms with Gasteiger partial charge in [0.25, 0.3) is 15.9 Å². The number of anilines is 1. The SMILES string of the molecule is CN(c1ccc(Br)cc1)S(=O)(=O)c1ccc2[nH]cc(C(=O)N3CC[NH+](Cc4ccccc4)CC3)c(=O)c2c1. The molecule has 8 nitrogen and oxygen atoms in total. The van der Waals surface area contributed by atoms with Gasteiger partial charge in [0.1, 0.15) is 12.1 Å². The second kappa shape index (κ2) is 10.7. The van der Waals surface area contributed by atoms with Crippen LogP contribution in [0.4, 0.5) is 5.69 Å². The number of fused-ring (bicyclic) bond motifs is 1. The molecule has 1 fully saturated rings. The van der Waals surface area contributed by atoms with Crippen molar-refractivity contribution in [3.8, 4) is 0 Å². The van der Waals surface area contributed by atoms with E-state index < -0.39 is 15.5 Å². The van der Waals surface area contributed by atoms with Crippen LogP contribution >= 0.6 is 15.9 Å². The molecule has 0 radical (unpaired) electrons. The van der Waals surface area contributed by atoms with Crippen LogP contribution < -0.4 is 14.6 Å². The van der Waals surface area contributed by atoms with Gasteiger partial charge in [0.05, 0.1) is 36.8 Å². The van der Waals surface area contributed by atoms with Crippen LogP contribution in [-0.2, 0) is 16.6 Å². The zero-order chi connectivity index (χ0) is 26.9. The maximum atomic E-state index is 13.4. The molecule has 0 aliphatic carbocycles. The summed E-state index contributed by atoms with van der Waals surface area (Å²) in [5, 5.41) is 0.162. The number of pyridine rings is 1. The molecular formula is C28H28BrN4O4S+. The molecule has 10 heteroatoms. The van der Waals surface area contributed by atoms with Crippen molar-refractivity contribution in [3.63, 3.8) is 0 Å². The molecule has 0 unspecified atom stereocenters. The van der Waals surface area contributed by atoms with Crippen LogP contribution in [0.15, 0.2) is 93.2 Å². The number of halogens is 1. The topological polar surface area (TPSA) is 95.0 Å². The number of quaternary nitrogens is 1. The van der Waals surface area contributed by atoms with E-state index >= 15 is 0 Å². The van der Waals surface area contributed by atoms with Gasteiger partial charge in [-0.25, -0.2) is 8.42 Å². The van der Waals surface area contributed by atoms with Gasteiger partial charge in [-0.05, 0) is 42.5 Å². The Kier molecular flexibility index (Phi) is 7.38. The van der Waals surface area contributed by atoms with E-state index in [2.05, 4.69) is 33.0 Å². The highest BCUT2D eigenvalue weighted by Gasteiger charge is 2.27. The van der Waals surface area contributed by atoms with Gasteiger partial charge in [-0.15, -0.1) is 0 Å². The third kappa shape index (κ3) is 5.24. The summed E-state index contributed by atoms with van der Waals surface area (Å²) in [6.45, 7) is 3.56. The molecule has 2 N–H and O–H groups in total. The summed E-state index contributed by atoms with van der Waals surface area (Å²) < 4.78 is 28.7. The van der Waals surface area contributed by atoms with Gasteiger partial charge in [0.2, 0.25) is 5.43 Å². The largest absolute Gasteiger partial charge is 0.360 e. The maximum absolute atomic E-state index is 13.4. The van der Waals surface area contributed by atoms with Gasteiger partial charge in [-0.3, -0.25) is 13.9 Å². The molecule has 38 heavy (non-hydrogen) atoms. The monoisotopic (exact) mass is 595 g/mol. The first-order chi connectivity index (χ1) is 18.2. The molecule has 0 atom stereocenters. The fraction of sp³-hybridized carbons (Fsp3) is 0.214. The van der Waals surface area contributed by atoms with Crippen LogP contribution in [0.3, 0.4) is 0 Å². The van der Waals surface area contributed by atoms with E-state index in [9.17, 15) is 18.0 Å². The summed E-state index contributed by atoms with van der Waals surface area (Å²) in [4.78, 5) is 32.8. The Hall–Kier alpha value is -3.47. The normalized spacial score (nSPS) is 14.5. The summed E-state index contributed by atoms with van der Waals surface area (Å²) in [7, 11) is -2.47. The van der Waals surface area contributed by atoms with Crippen LogP contribution in [0, 0.1) is 0 Å². The Bertz CT molecular complexity index is 1630. The van der Waals surface area contributed by atoms with Crippen molar-refractivity contribution in [3.05, 3.63) is 105 Å². The van der Waals surface area contributed by atoms with Crippen molar-refractivity contribution in [2.45, 2.75) is 11.4 Å². The third-order valence-electron chi connectivity index (χ3n) is 6.99. The van der Waals surface area contributed by atoms with Crippen molar-refractivity contribution < 1.29 is 18.1 Å². The van der Waals surface area contributed by atoms with E-state index in [1.165, 1.54) is 40.1 Å². The molecule has 3 aromatic carbocycles. The molecule has 4 aromatic rings. The minimum atomic E-state index is -3.93. The lowest BCUT2D eigenvalue weighted by molar-refractivity contribution is -0.917. The lowest BCUT2D eigenvalue weighted by atomic mass is 10.1. The number of amides is 1. The van der Waals surface area contributed by atoms with Crippen LogP contribution in [0.1, 0.15) is 15.9 Å². The standard InChI is InChI=1S/C28H27BrN4O4S/c1-31(22-9-7-21(29)8-10-22)38(36,37)23-11-12-26-24(17-23)27(34)25(18-30-26)28(35)33-15-13-32(14-16-33)19-20-5-3-2-4-6-20/h2-12,17-18H,13-16,19H2,1H3,(H,30,34)/p+1. The number of carbonyl (C=O) groups is 1. The summed E-state index contributed by atoms with van der Waals surface area (Å²) in [6.07, 6.45) is 1.43. The molecule has 0 bridgehead atoms. The van der Waals surface area contributed by atoms with Crippen molar-refractivity contribution >= 4 is 48.5 Å². The van der Waals surface area contributed by atoms with Gasteiger partial charge in [-0.2, -0.15) is 0 Å². The highest BCUT2D eigenvalue weighted by atomic mass is 79.9. The Labute approximate surface area is 229 Å². The number of benzene rings is 3. The Morgan fingerprint density at radius 3 is 2.39 bits per heavy atom. The average Bonchev–Trinajstić information content (AvgIpc) is 2.94. The van der Waals surface area contributed by atoms with Crippen molar-refractivity contribution in [2.75, 3.05) is 37.5 Å². The van der Waals surface area contributed by atoms with Crippen molar-refractivity contribution in [1.29, 1.82) is 0 Å². The number of sulfonamides is 1. The van der Waals surface area contributed by atoms with Crippen LogP contribution in [0.2, 0.25) is 0 Å². The number of rotatable bonds is 6. The number of H-pyrrole nitrogens is 1. The second-order valence-electron chi connectivity index (χ2n) is 9.39. The number of hydrogen-bond donors (Lipinski definition) is 2. The van der Waals surface area contributed by atoms with E-state index in [0.29, 0.717) is 24.3 Å². The number of aromatic amines is 1. The highest BCUT2D eigenvalue weighted by molar-refractivity contribution is 9.10. The second-order valence-corrected chi connectivity index (χ2v) is 12.3. The van der Waals surface area contributed by atoms with Gasteiger partial charge >= 0.3 is 0 Å². The number of nitrogens with zero attached hydrogens (tertiary/aromatic N) is 2. The summed E-state index contributed by atoms with van der Waals surface area (Å²) in [5.41, 5.74) is 1.74. The van der Waals surface area contributed by atoms with Crippen LogP contribution in [-0.4, -0.2) is 57.4 Å². The first kappa shape index (κ1) is 26.1. The quantitative estimate of drug-likeness (QED) is 0.358. The maximum Gasteiger partial charge on any atom is 0.264 e. The minimum Gasteiger partial charge on any atom is -0.360 e. The van der Waals surface area contributed by atoms with Crippen LogP contribution in [0.5, 0.6) is 0 Å². The number of hydrogen-bond acceptors (Lipinski definition) is 4. The molecule has 196 valence electrons. The molecule has 5 rings (SSSR count). The number of nitrogens with one attached hydrogen (secondary N) is 2. The molecule has 1 aromatic heterocycles. The molecule has 1 saturated heterocycles. The summed E-state index contributed by atoms with van der Waals surface area (Å²) >= 11 is 3.35. The molecule has 0 saturated carbocycles. The third-order valence-corrected chi connectivity index (χ3v) is 9.30. The van der Waals surface area contributed by atoms with Crippen molar-refractivity contribution in [2.24, 2.45) is 0 Å². The van der Waals surface area contributed by atoms with E-state index in [4.69, 9.17) is 0 Å². The first-order valence-electron chi connectivity index (χ1n) is 12.3. The Morgan fingerprint density at radius 1 is 1.03 bits per heavy atom. The molecular weight excluding hydrogens is 568 g/mol. The van der Waals surface area contributed by atoms with Gasteiger partial charge in [0, 0.05) is 34.2 Å². The van der Waals surface area contributed by atoms with E-state index in [1.54, 1.807) is 35.2 Å². The van der Waals surface area contributed by atoms with E-state index in [0.717, 1.165) is 24.1 Å². The first-order valence-corrected chi connectivity index (χ1v) is 14.5. The predicted octanol–water partition coefficient (Wildman–Crippen LogP) is 2.66. The lowest BCUT2D eigenvalue weighted by Crippen LogP contribution is -3.13. The van der Waals surface area contributed by atoms with Gasteiger partial charge < -0.3 is 14.8 Å². The van der Waals surface area contributed by atoms with Gasteiger partial charge in [0.15, 0.2) is 0 Å². The number of piperazine rings is 1. The zero-order valence-electron chi connectivity index (χ0n) is 20.9. The smallest absolute Gasteiger partial charge is 0.264 e. The fourth-order valence-corrected chi connectivity index (χ4v) is 6.21. The molecule has 1 amide bonds. The van der Waals surface area contributed by atoms with Gasteiger partial charge in [-0.1, -0.05) is 46.3 Å². The van der Waals surface area contributed by atoms with E-state index in [-0.39, 0.29) is 21.8 Å². The van der Waals surface area contributed by atoms with Crippen molar-refractivity contribution in [1.82, 2.24) is 9.88 Å². The van der Waals surface area contributed by atoms with E-state index in [1.807, 2.05) is 18.2 Å². The molecule has 0 spiro atoms. The lowest BCUT2D eigenvalue weighted by Gasteiger charge is -2.32. The Morgan fingerprint density at radius 2 is 1.71 bits per heavy atom. The summed E-state index contributed by atoms with van der Waals surface area (Å²) in [5.74, 6) is -0.341. The average molecular weight is 597 g/mol. The molecule has 2 heterocycles. The highest BCUT2D eigenvalue weighted by Crippen LogP contribution is 2.25. The van der Waals surface area contributed by atoms with Crippen LogP contribution in [0.25, 0.3) is 10.9 Å². The zero-order valence-corrected chi connectivity index (χ0v) is 23.3. The Balaban J connectivity index is 1.36. The minimum absolute atomic E-state index is 0.0137. The fourth-order valence-electron chi connectivity index (χ4n) is 4.72. The number of carbonyl (C=O) groups excluding carboxylic acids is 1.